The van der Waals surface area contributed by atoms with Crippen LogP contribution in [0, 0.1) is 0 Å². The number of aromatic nitrogens is 3. The van der Waals surface area contributed by atoms with Gasteiger partial charge in [0.15, 0.2) is 17.5 Å². The molecule has 0 aliphatic heterocycles. The number of rotatable bonds is 6. The Kier molecular flexibility index (Phi) is 7.72. The lowest BCUT2D eigenvalue weighted by atomic mass is 9.87. The Morgan fingerprint density at radius 2 is 1.13 bits per heavy atom. The van der Waals surface area contributed by atoms with E-state index in [1.54, 1.807) is 0 Å². The molecule has 10 rings (SSSR count). The molecule has 2 aromatic heterocycles. The lowest BCUT2D eigenvalue weighted by molar-refractivity contribution is 0.669. The van der Waals surface area contributed by atoms with Crippen molar-refractivity contribution < 1.29 is 4.42 Å². The minimum absolute atomic E-state index is 0.615. The number of aryl methyl sites for hydroxylation is 1. The van der Waals surface area contributed by atoms with Gasteiger partial charge in [-0.1, -0.05) is 146 Å². The standard InChI is InChI=1S/C49H35N3O/c1-3-12-32(13-4-1)33-22-24-34(25-23-33)35-26-28-38(29-27-35)48-50-47(37-15-5-2-6-16-37)51-49(52-48)46-41(40-20-11-17-36-14-7-8-18-39(36)40)30-31-44-45(46)42-19-9-10-21-43(42)53-44/h2-3,5-6,8-13,15-31H,1,4,7,14H2. The van der Waals surface area contributed by atoms with E-state index in [0.717, 1.165) is 81.0 Å². The zero-order valence-corrected chi connectivity index (χ0v) is 29.2. The van der Waals surface area contributed by atoms with Crippen molar-refractivity contribution in [3.8, 4) is 56.4 Å². The SMILES string of the molecule is C1=CC(c2ccc(-c3ccc(-c4nc(-c5ccccc5)nc(-c5c(-c6cccc7c6C=CCC7)ccc6oc7ccccc7c56)n4)cc3)cc2)=CCC1. The fourth-order valence-corrected chi connectivity index (χ4v) is 7.80. The Labute approximate surface area is 308 Å². The first-order chi connectivity index (χ1) is 26.3. The first-order valence-corrected chi connectivity index (χ1v) is 18.4. The summed E-state index contributed by atoms with van der Waals surface area (Å²) in [4.78, 5) is 15.7. The number of furan rings is 1. The zero-order valence-electron chi connectivity index (χ0n) is 29.2. The van der Waals surface area contributed by atoms with Gasteiger partial charge >= 0.3 is 0 Å². The summed E-state index contributed by atoms with van der Waals surface area (Å²) in [6.45, 7) is 0. The molecule has 2 aliphatic carbocycles. The van der Waals surface area contributed by atoms with Gasteiger partial charge in [-0.3, -0.25) is 0 Å². The maximum absolute atomic E-state index is 6.45. The van der Waals surface area contributed by atoms with Crippen LogP contribution in [0.5, 0.6) is 0 Å². The van der Waals surface area contributed by atoms with E-state index in [0.29, 0.717) is 17.5 Å². The van der Waals surface area contributed by atoms with Crippen LogP contribution >= 0.6 is 0 Å². The van der Waals surface area contributed by atoms with Gasteiger partial charge in [-0.2, -0.15) is 0 Å². The zero-order chi connectivity index (χ0) is 35.1. The number of benzene rings is 6. The maximum atomic E-state index is 6.45. The molecule has 0 fully saturated rings. The van der Waals surface area contributed by atoms with Gasteiger partial charge < -0.3 is 4.42 Å². The van der Waals surface area contributed by atoms with Crippen molar-refractivity contribution in [2.75, 3.05) is 0 Å². The quantitative estimate of drug-likeness (QED) is 0.175. The molecule has 0 radical (unpaired) electrons. The second-order valence-corrected chi connectivity index (χ2v) is 13.7. The van der Waals surface area contributed by atoms with E-state index in [1.165, 1.54) is 27.8 Å². The predicted molar refractivity (Wildman–Crippen MR) is 218 cm³/mol. The van der Waals surface area contributed by atoms with E-state index in [-0.39, 0.29) is 0 Å². The normalized spacial score (nSPS) is 13.7. The highest BCUT2D eigenvalue weighted by molar-refractivity contribution is 6.15. The number of hydrogen-bond acceptors (Lipinski definition) is 4. The number of fused-ring (bicyclic) bond motifs is 4. The predicted octanol–water partition coefficient (Wildman–Crippen LogP) is 12.8. The third kappa shape index (κ3) is 5.69. The molecule has 53 heavy (non-hydrogen) atoms. The molecular weight excluding hydrogens is 647 g/mol. The molecule has 2 heterocycles. The molecule has 4 heteroatoms. The van der Waals surface area contributed by atoms with Gasteiger partial charge in [0.1, 0.15) is 11.2 Å². The molecule has 0 N–H and O–H groups in total. The lowest BCUT2D eigenvalue weighted by Crippen LogP contribution is -2.02. The molecular formula is C49H35N3O. The van der Waals surface area contributed by atoms with Crippen LogP contribution < -0.4 is 0 Å². The number of allylic oxidation sites excluding steroid dienone is 5. The van der Waals surface area contributed by atoms with Crippen molar-refractivity contribution in [3.63, 3.8) is 0 Å². The fourth-order valence-electron chi connectivity index (χ4n) is 7.80. The third-order valence-corrected chi connectivity index (χ3v) is 10.5. The lowest BCUT2D eigenvalue weighted by Gasteiger charge is -2.18. The highest BCUT2D eigenvalue weighted by Gasteiger charge is 2.23. The van der Waals surface area contributed by atoms with Gasteiger partial charge in [0.05, 0.1) is 0 Å². The fraction of sp³-hybridized carbons (Fsp3) is 0.0816. The molecule has 0 saturated carbocycles. The van der Waals surface area contributed by atoms with Gasteiger partial charge in [-0.25, -0.2) is 15.0 Å². The Morgan fingerprint density at radius 1 is 0.453 bits per heavy atom. The second kappa shape index (κ2) is 13.2. The average molecular weight is 682 g/mol. The van der Waals surface area contributed by atoms with E-state index in [4.69, 9.17) is 19.4 Å². The van der Waals surface area contributed by atoms with Crippen molar-refractivity contribution in [3.05, 3.63) is 174 Å². The highest BCUT2D eigenvalue weighted by atomic mass is 16.3. The minimum Gasteiger partial charge on any atom is -0.456 e. The summed E-state index contributed by atoms with van der Waals surface area (Å²) in [6, 6.07) is 46.7. The number of nitrogens with zero attached hydrogens (tertiary/aromatic N) is 3. The van der Waals surface area contributed by atoms with E-state index < -0.39 is 0 Å². The number of para-hydroxylation sites is 1. The summed E-state index contributed by atoms with van der Waals surface area (Å²) >= 11 is 0. The molecule has 0 spiro atoms. The number of hydrogen-bond donors (Lipinski definition) is 0. The summed E-state index contributed by atoms with van der Waals surface area (Å²) < 4.78 is 6.45. The molecule has 0 saturated heterocycles. The molecule has 0 atom stereocenters. The largest absolute Gasteiger partial charge is 0.456 e. The maximum Gasteiger partial charge on any atom is 0.165 e. The molecule has 0 bridgehead atoms. The minimum atomic E-state index is 0.615. The molecule has 4 nitrogen and oxygen atoms in total. The molecule has 2 aliphatic rings. The molecule has 0 amide bonds. The van der Waals surface area contributed by atoms with E-state index in [2.05, 4.69) is 134 Å². The summed E-state index contributed by atoms with van der Waals surface area (Å²) in [6.07, 6.45) is 15.6. The van der Waals surface area contributed by atoms with E-state index in [9.17, 15) is 0 Å². The Balaban J connectivity index is 1.15. The monoisotopic (exact) mass is 681 g/mol. The van der Waals surface area contributed by atoms with Crippen LogP contribution in [-0.4, -0.2) is 15.0 Å². The van der Waals surface area contributed by atoms with Crippen LogP contribution in [-0.2, 0) is 6.42 Å². The van der Waals surface area contributed by atoms with Gasteiger partial charge in [-0.15, -0.1) is 0 Å². The topological polar surface area (TPSA) is 51.8 Å². The summed E-state index contributed by atoms with van der Waals surface area (Å²) in [5, 5.41) is 2.04. The van der Waals surface area contributed by atoms with Crippen LogP contribution in [0.4, 0.5) is 0 Å². The molecule has 8 aromatic rings. The smallest absolute Gasteiger partial charge is 0.165 e. The molecule has 6 aromatic carbocycles. The van der Waals surface area contributed by atoms with Crippen LogP contribution in [0.2, 0.25) is 0 Å². The van der Waals surface area contributed by atoms with E-state index in [1.807, 2.05) is 30.3 Å². The van der Waals surface area contributed by atoms with Gasteiger partial charge in [0.2, 0.25) is 0 Å². The van der Waals surface area contributed by atoms with Gasteiger partial charge in [-0.05, 0) is 88.4 Å². The third-order valence-electron chi connectivity index (χ3n) is 10.5. The Morgan fingerprint density at radius 3 is 1.91 bits per heavy atom. The van der Waals surface area contributed by atoms with Crippen molar-refractivity contribution in [2.45, 2.75) is 25.7 Å². The summed E-state index contributed by atoms with van der Waals surface area (Å²) in [7, 11) is 0. The first kappa shape index (κ1) is 31.1. The van der Waals surface area contributed by atoms with Crippen LogP contribution in [0.15, 0.2) is 162 Å². The van der Waals surface area contributed by atoms with E-state index >= 15 is 0 Å². The summed E-state index contributed by atoms with van der Waals surface area (Å²) in [5.74, 6) is 1.86. The van der Waals surface area contributed by atoms with Crippen LogP contribution in [0.1, 0.15) is 36.0 Å². The average Bonchev–Trinajstić information content (AvgIpc) is 3.63. The Hall–Kier alpha value is -6.65. The van der Waals surface area contributed by atoms with Crippen molar-refractivity contribution >= 4 is 33.6 Å². The van der Waals surface area contributed by atoms with Crippen LogP contribution in [0.25, 0.3) is 90.0 Å². The van der Waals surface area contributed by atoms with Gasteiger partial charge in [0, 0.05) is 27.5 Å². The van der Waals surface area contributed by atoms with Crippen LogP contribution in [0.3, 0.4) is 0 Å². The molecule has 252 valence electrons. The summed E-state index contributed by atoms with van der Waals surface area (Å²) in [5.41, 5.74) is 14.1. The van der Waals surface area contributed by atoms with Crippen molar-refractivity contribution in [1.29, 1.82) is 0 Å². The Bertz CT molecular complexity index is 2750. The van der Waals surface area contributed by atoms with Crippen molar-refractivity contribution in [2.24, 2.45) is 0 Å². The second-order valence-electron chi connectivity index (χ2n) is 13.7. The first-order valence-electron chi connectivity index (χ1n) is 18.4. The highest BCUT2D eigenvalue weighted by Crippen LogP contribution is 2.44. The van der Waals surface area contributed by atoms with Gasteiger partial charge in [0.25, 0.3) is 0 Å². The molecule has 0 unspecified atom stereocenters. The van der Waals surface area contributed by atoms with Crippen molar-refractivity contribution in [1.82, 2.24) is 15.0 Å².